The van der Waals surface area contributed by atoms with E-state index in [-0.39, 0.29) is 23.4 Å². The lowest BCUT2D eigenvalue weighted by molar-refractivity contribution is 0.379. The highest BCUT2D eigenvalue weighted by Gasteiger charge is 2.16. The highest BCUT2D eigenvalue weighted by molar-refractivity contribution is 7.89. The summed E-state index contributed by atoms with van der Waals surface area (Å²) in [5.74, 6) is 0.692. The van der Waals surface area contributed by atoms with Crippen molar-refractivity contribution in [3.8, 4) is 11.4 Å². The van der Waals surface area contributed by atoms with Gasteiger partial charge in [-0.2, -0.15) is 4.98 Å². The lowest BCUT2D eigenvalue weighted by Gasteiger charge is -2.10. The monoisotopic (exact) mass is 467 g/mol. The first kappa shape index (κ1) is 22.8. The molecule has 2 aromatic heterocycles. The van der Waals surface area contributed by atoms with Gasteiger partial charge in [-0.25, -0.2) is 18.1 Å². The van der Waals surface area contributed by atoms with Gasteiger partial charge in [0.2, 0.25) is 21.7 Å². The van der Waals surface area contributed by atoms with Crippen LogP contribution in [0.3, 0.4) is 0 Å². The fourth-order valence-electron chi connectivity index (χ4n) is 3.53. The molecule has 0 fully saturated rings. The van der Waals surface area contributed by atoms with Gasteiger partial charge < -0.3 is 9.09 Å². The van der Waals surface area contributed by atoms with E-state index in [9.17, 15) is 13.2 Å². The van der Waals surface area contributed by atoms with Crippen LogP contribution in [0.1, 0.15) is 30.5 Å². The Labute approximate surface area is 191 Å². The number of aryl methyl sites for hydroxylation is 3. The summed E-state index contributed by atoms with van der Waals surface area (Å²) < 4.78 is 34.4. The van der Waals surface area contributed by atoms with E-state index in [2.05, 4.69) is 19.8 Å². The average molecular weight is 468 g/mol. The number of hydrogen-bond acceptors (Lipinski definition) is 7. The number of hydrogen-bond donors (Lipinski definition) is 1. The summed E-state index contributed by atoms with van der Waals surface area (Å²) in [7, 11) is -3.61. The molecule has 9 nitrogen and oxygen atoms in total. The quantitative estimate of drug-likeness (QED) is 0.423. The molecule has 10 heteroatoms. The van der Waals surface area contributed by atoms with Gasteiger partial charge in [-0.1, -0.05) is 29.8 Å². The summed E-state index contributed by atoms with van der Waals surface area (Å²) in [4.78, 5) is 21.4. The summed E-state index contributed by atoms with van der Waals surface area (Å²) >= 11 is 0. The van der Waals surface area contributed by atoms with E-state index in [0.717, 1.165) is 17.5 Å². The number of fused-ring (bicyclic) bond motifs is 1. The van der Waals surface area contributed by atoms with Crippen molar-refractivity contribution in [3.63, 3.8) is 0 Å². The molecule has 2 heterocycles. The molecule has 0 bridgehead atoms. The second kappa shape index (κ2) is 9.24. The first-order valence-electron chi connectivity index (χ1n) is 10.7. The fourth-order valence-corrected chi connectivity index (χ4v) is 4.56. The summed E-state index contributed by atoms with van der Waals surface area (Å²) in [6.07, 6.45) is 1.08. The highest BCUT2D eigenvalue weighted by Crippen LogP contribution is 2.21. The van der Waals surface area contributed by atoms with Gasteiger partial charge in [0.15, 0.2) is 0 Å². The van der Waals surface area contributed by atoms with Crippen molar-refractivity contribution in [2.75, 3.05) is 6.54 Å². The molecule has 0 amide bonds. The standard InChI is InChI=1S/C23H25N5O4S/c1-4-13-28-20-10-7-17(14-19(20)25-16(3)23(28)29)22-26-21(32-27-22)11-12-24-33(30,31)18-8-5-15(2)6-9-18/h5-10,14,24H,4,11-13H2,1-3H3. The molecule has 0 aliphatic rings. The first-order valence-corrected chi connectivity index (χ1v) is 12.2. The van der Waals surface area contributed by atoms with Crippen molar-refractivity contribution >= 4 is 21.1 Å². The molecule has 4 rings (SSSR count). The van der Waals surface area contributed by atoms with Crippen molar-refractivity contribution < 1.29 is 12.9 Å². The summed E-state index contributed by atoms with van der Waals surface area (Å²) in [6.45, 7) is 6.35. The second-order valence-corrected chi connectivity index (χ2v) is 9.60. The lowest BCUT2D eigenvalue weighted by atomic mass is 10.1. The van der Waals surface area contributed by atoms with Crippen LogP contribution >= 0.6 is 0 Å². The van der Waals surface area contributed by atoms with Gasteiger partial charge in [-0.3, -0.25) is 4.79 Å². The van der Waals surface area contributed by atoms with Crippen molar-refractivity contribution in [1.29, 1.82) is 0 Å². The van der Waals surface area contributed by atoms with E-state index in [1.807, 2.05) is 32.0 Å². The third-order valence-electron chi connectivity index (χ3n) is 5.24. The molecule has 0 spiro atoms. The molecule has 0 atom stereocenters. The maximum Gasteiger partial charge on any atom is 0.272 e. The Hall–Kier alpha value is -3.37. The summed E-state index contributed by atoms with van der Waals surface area (Å²) in [6, 6.07) is 12.1. The number of nitrogens with one attached hydrogen (secondary N) is 1. The average Bonchev–Trinajstić information content (AvgIpc) is 3.25. The first-order chi connectivity index (χ1) is 15.8. The third kappa shape index (κ3) is 4.86. The van der Waals surface area contributed by atoms with Crippen molar-refractivity contribution in [3.05, 3.63) is 70.0 Å². The molecule has 0 saturated carbocycles. The largest absolute Gasteiger partial charge is 0.339 e. The maximum absolute atomic E-state index is 12.4. The minimum absolute atomic E-state index is 0.0907. The Kier molecular flexibility index (Phi) is 6.39. The Morgan fingerprint density at radius 3 is 2.55 bits per heavy atom. The Balaban J connectivity index is 1.49. The molecule has 4 aromatic rings. The third-order valence-corrected chi connectivity index (χ3v) is 6.72. The second-order valence-electron chi connectivity index (χ2n) is 7.83. The summed E-state index contributed by atoms with van der Waals surface area (Å²) in [5.41, 5.74) is 3.46. The molecule has 1 N–H and O–H groups in total. The van der Waals surface area contributed by atoms with E-state index >= 15 is 0 Å². The van der Waals surface area contributed by atoms with E-state index in [1.54, 1.807) is 35.8 Å². The van der Waals surface area contributed by atoms with Gasteiger partial charge in [0.05, 0.1) is 15.9 Å². The Morgan fingerprint density at radius 2 is 1.82 bits per heavy atom. The molecular formula is C23H25N5O4S. The lowest BCUT2D eigenvalue weighted by Crippen LogP contribution is -2.26. The molecule has 0 saturated heterocycles. The Bertz CT molecular complexity index is 1460. The number of aromatic nitrogens is 4. The molecule has 0 aliphatic heterocycles. The molecule has 0 aliphatic carbocycles. The van der Waals surface area contributed by atoms with E-state index in [1.165, 1.54) is 0 Å². The molecule has 0 unspecified atom stereocenters. The predicted molar refractivity (Wildman–Crippen MR) is 124 cm³/mol. The molecule has 0 radical (unpaired) electrons. The van der Waals surface area contributed by atoms with Crippen LogP contribution in [0.25, 0.3) is 22.4 Å². The fraction of sp³-hybridized carbons (Fsp3) is 0.304. The number of sulfonamides is 1. The van der Waals surface area contributed by atoms with E-state index in [4.69, 9.17) is 4.52 Å². The number of benzene rings is 2. The maximum atomic E-state index is 12.4. The van der Waals surface area contributed by atoms with E-state index in [0.29, 0.717) is 35.0 Å². The van der Waals surface area contributed by atoms with Crippen LogP contribution in [0.2, 0.25) is 0 Å². The number of nitrogens with zero attached hydrogens (tertiary/aromatic N) is 4. The van der Waals surface area contributed by atoms with Crippen LogP contribution in [0.4, 0.5) is 0 Å². The predicted octanol–water partition coefficient (Wildman–Crippen LogP) is 2.99. The van der Waals surface area contributed by atoms with Gasteiger partial charge >= 0.3 is 0 Å². The van der Waals surface area contributed by atoms with Crippen molar-refractivity contribution in [2.45, 2.75) is 45.1 Å². The van der Waals surface area contributed by atoms with Crippen LogP contribution in [-0.4, -0.2) is 34.7 Å². The van der Waals surface area contributed by atoms with Gasteiger partial charge in [0.25, 0.3) is 5.56 Å². The summed E-state index contributed by atoms with van der Waals surface area (Å²) in [5, 5.41) is 4.02. The Morgan fingerprint density at radius 1 is 1.06 bits per heavy atom. The molecule has 172 valence electrons. The van der Waals surface area contributed by atoms with Crippen molar-refractivity contribution in [2.24, 2.45) is 0 Å². The van der Waals surface area contributed by atoms with Gasteiger partial charge in [0, 0.05) is 25.1 Å². The zero-order valence-corrected chi connectivity index (χ0v) is 19.5. The van der Waals surface area contributed by atoms with Gasteiger partial charge in [-0.15, -0.1) is 0 Å². The van der Waals surface area contributed by atoms with Gasteiger partial charge in [-0.05, 0) is 50.6 Å². The minimum atomic E-state index is -3.61. The van der Waals surface area contributed by atoms with Crippen LogP contribution in [0.5, 0.6) is 0 Å². The van der Waals surface area contributed by atoms with Crippen LogP contribution in [0.15, 0.2) is 56.7 Å². The normalized spacial score (nSPS) is 11.8. The molecular weight excluding hydrogens is 442 g/mol. The number of rotatable bonds is 8. The SMILES string of the molecule is CCCn1c(=O)c(C)nc2cc(-c3noc(CCNS(=O)(=O)c4ccc(C)cc4)n3)ccc21. The topological polar surface area (TPSA) is 120 Å². The molecule has 33 heavy (non-hydrogen) atoms. The highest BCUT2D eigenvalue weighted by atomic mass is 32.2. The zero-order chi connectivity index (χ0) is 23.6. The van der Waals surface area contributed by atoms with Crippen LogP contribution in [-0.2, 0) is 23.0 Å². The van der Waals surface area contributed by atoms with Crippen molar-refractivity contribution in [1.82, 2.24) is 24.4 Å². The minimum Gasteiger partial charge on any atom is -0.339 e. The van der Waals surface area contributed by atoms with Crippen LogP contribution < -0.4 is 10.3 Å². The zero-order valence-electron chi connectivity index (χ0n) is 18.7. The van der Waals surface area contributed by atoms with Crippen LogP contribution in [0, 0.1) is 13.8 Å². The van der Waals surface area contributed by atoms with E-state index < -0.39 is 10.0 Å². The molecule has 2 aromatic carbocycles. The smallest absolute Gasteiger partial charge is 0.272 e. The van der Waals surface area contributed by atoms with Gasteiger partial charge in [0.1, 0.15) is 5.69 Å².